The number of phenolic OH excluding ortho intramolecular Hbond substituents is 1. The van der Waals surface area contributed by atoms with Gasteiger partial charge in [-0.3, -0.25) is 0 Å². The Morgan fingerprint density at radius 1 is 1.11 bits per heavy atom. The Bertz CT molecular complexity index is 614. The normalized spacial score (nSPS) is 10.0. The zero-order valence-electron chi connectivity index (χ0n) is 10.3. The molecule has 0 bridgehead atoms. The molecule has 0 aliphatic heterocycles. The summed E-state index contributed by atoms with van der Waals surface area (Å²) in [4.78, 5) is 11.8. The number of carbonyl (C=O) groups is 1. The average molecular weight is 277 g/mol. The molecule has 0 fully saturated rings. The number of halogens is 1. The molecule has 2 amide bonds. The number of aryl methyl sites for hydroxylation is 1. The van der Waals surface area contributed by atoms with Gasteiger partial charge in [-0.1, -0.05) is 23.7 Å². The third-order valence-electron chi connectivity index (χ3n) is 2.48. The predicted octanol–water partition coefficient (Wildman–Crippen LogP) is 4.00. The molecule has 0 aromatic heterocycles. The van der Waals surface area contributed by atoms with Gasteiger partial charge in [0.15, 0.2) is 0 Å². The molecule has 0 aliphatic carbocycles. The summed E-state index contributed by atoms with van der Waals surface area (Å²) in [6.07, 6.45) is 0. The number of phenols is 1. The molecular weight excluding hydrogens is 264 g/mol. The first kappa shape index (κ1) is 13.2. The molecule has 0 saturated heterocycles. The first-order valence-electron chi connectivity index (χ1n) is 5.68. The van der Waals surface area contributed by atoms with Crippen LogP contribution in [0.25, 0.3) is 0 Å². The van der Waals surface area contributed by atoms with Gasteiger partial charge in [-0.2, -0.15) is 0 Å². The third-order valence-corrected chi connectivity index (χ3v) is 2.80. The van der Waals surface area contributed by atoms with E-state index < -0.39 is 0 Å². The number of hydrogen-bond donors (Lipinski definition) is 3. The van der Waals surface area contributed by atoms with Crippen molar-refractivity contribution in [2.75, 3.05) is 10.6 Å². The van der Waals surface area contributed by atoms with E-state index in [1.54, 1.807) is 12.1 Å². The van der Waals surface area contributed by atoms with Crippen LogP contribution >= 0.6 is 11.6 Å². The number of nitrogens with one attached hydrogen (secondary N) is 2. The van der Waals surface area contributed by atoms with E-state index in [9.17, 15) is 9.90 Å². The molecular formula is C14H13ClN2O2. The van der Waals surface area contributed by atoms with Crippen molar-refractivity contribution in [3.63, 3.8) is 0 Å². The lowest BCUT2D eigenvalue weighted by Gasteiger charge is -2.08. The first-order chi connectivity index (χ1) is 9.04. The number of anilines is 2. The quantitative estimate of drug-likeness (QED) is 0.776. The minimum atomic E-state index is -0.382. The number of aromatic hydroxyl groups is 1. The Morgan fingerprint density at radius 2 is 1.79 bits per heavy atom. The standard InChI is InChI=1S/C14H13ClN2O2/c1-9-3-2-4-10(7-9)16-14(19)17-11-5-6-12(15)13(18)8-11/h2-8,18H,1H3,(H2,16,17,19). The van der Waals surface area contributed by atoms with Crippen molar-refractivity contribution in [3.8, 4) is 5.75 Å². The van der Waals surface area contributed by atoms with E-state index in [0.717, 1.165) is 5.56 Å². The number of rotatable bonds is 2. The maximum atomic E-state index is 11.8. The average Bonchev–Trinajstić information content (AvgIpc) is 2.34. The Balaban J connectivity index is 2.03. The highest BCUT2D eigenvalue weighted by Crippen LogP contribution is 2.26. The Kier molecular flexibility index (Phi) is 3.92. The minimum absolute atomic E-state index is 0.0741. The van der Waals surface area contributed by atoms with E-state index in [1.807, 2.05) is 25.1 Å². The highest BCUT2D eigenvalue weighted by Gasteiger charge is 2.05. The molecule has 0 aliphatic rings. The van der Waals surface area contributed by atoms with Crippen LogP contribution in [0.2, 0.25) is 5.02 Å². The van der Waals surface area contributed by atoms with E-state index in [4.69, 9.17) is 11.6 Å². The zero-order chi connectivity index (χ0) is 13.8. The number of benzene rings is 2. The van der Waals surface area contributed by atoms with Gasteiger partial charge in [0, 0.05) is 17.4 Å². The predicted molar refractivity (Wildman–Crippen MR) is 76.9 cm³/mol. The molecule has 3 N–H and O–H groups in total. The molecule has 5 heteroatoms. The summed E-state index contributed by atoms with van der Waals surface area (Å²) >= 11 is 5.69. The lowest BCUT2D eigenvalue weighted by Crippen LogP contribution is -2.19. The summed E-state index contributed by atoms with van der Waals surface area (Å²) < 4.78 is 0. The summed E-state index contributed by atoms with van der Waals surface area (Å²) in [5.41, 5.74) is 2.23. The second-order valence-corrected chi connectivity index (χ2v) is 4.52. The Hall–Kier alpha value is -2.20. The Morgan fingerprint density at radius 3 is 2.42 bits per heavy atom. The second-order valence-electron chi connectivity index (χ2n) is 4.11. The van der Waals surface area contributed by atoms with Crippen molar-refractivity contribution in [2.24, 2.45) is 0 Å². The molecule has 0 spiro atoms. The molecule has 0 saturated carbocycles. The zero-order valence-corrected chi connectivity index (χ0v) is 11.0. The van der Waals surface area contributed by atoms with Crippen molar-refractivity contribution in [3.05, 3.63) is 53.1 Å². The second kappa shape index (κ2) is 5.63. The summed E-state index contributed by atoms with van der Waals surface area (Å²) in [5, 5.41) is 15.0. The highest BCUT2D eigenvalue weighted by molar-refractivity contribution is 6.32. The molecule has 0 heterocycles. The maximum Gasteiger partial charge on any atom is 0.323 e. The SMILES string of the molecule is Cc1cccc(NC(=O)Nc2ccc(Cl)c(O)c2)c1. The van der Waals surface area contributed by atoms with Gasteiger partial charge in [-0.15, -0.1) is 0 Å². The van der Waals surface area contributed by atoms with Gasteiger partial charge in [0.2, 0.25) is 0 Å². The van der Waals surface area contributed by atoms with Gasteiger partial charge < -0.3 is 15.7 Å². The fourth-order valence-electron chi connectivity index (χ4n) is 1.61. The van der Waals surface area contributed by atoms with Crippen LogP contribution in [0.15, 0.2) is 42.5 Å². The van der Waals surface area contributed by atoms with Crippen LogP contribution in [0.4, 0.5) is 16.2 Å². The monoisotopic (exact) mass is 276 g/mol. The van der Waals surface area contributed by atoms with Crippen LogP contribution in [-0.2, 0) is 0 Å². The van der Waals surface area contributed by atoms with Gasteiger partial charge in [0.1, 0.15) is 5.75 Å². The van der Waals surface area contributed by atoms with Crippen molar-refractivity contribution < 1.29 is 9.90 Å². The smallest absolute Gasteiger partial charge is 0.323 e. The molecule has 0 radical (unpaired) electrons. The van der Waals surface area contributed by atoms with E-state index in [2.05, 4.69) is 10.6 Å². The van der Waals surface area contributed by atoms with Gasteiger partial charge in [0.05, 0.1) is 5.02 Å². The van der Waals surface area contributed by atoms with Gasteiger partial charge in [0.25, 0.3) is 0 Å². The summed E-state index contributed by atoms with van der Waals surface area (Å²) in [6, 6.07) is 11.6. The number of hydrogen-bond acceptors (Lipinski definition) is 2. The van der Waals surface area contributed by atoms with Crippen LogP contribution < -0.4 is 10.6 Å². The summed E-state index contributed by atoms with van der Waals surface area (Å²) in [6.45, 7) is 1.94. The molecule has 19 heavy (non-hydrogen) atoms. The fourth-order valence-corrected chi connectivity index (χ4v) is 1.72. The minimum Gasteiger partial charge on any atom is -0.506 e. The summed E-state index contributed by atoms with van der Waals surface area (Å²) in [5.74, 6) is -0.0741. The first-order valence-corrected chi connectivity index (χ1v) is 6.05. The largest absolute Gasteiger partial charge is 0.506 e. The molecule has 2 rings (SSSR count). The Labute approximate surface area is 116 Å². The number of amides is 2. The van der Waals surface area contributed by atoms with Crippen LogP contribution in [0.3, 0.4) is 0 Å². The highest BCUT2D eigenvalue weighted by atomic mass is 35.5. The lowest BCUT2D eigenvalue weighted by atomic mass is 10.2. The van der Waals surface area contributed by atoms with Crippen molar-refractivity contribution in [1.82, 2.24) is 0 Å². The molecule has 4 nitrogen and oxygen atoms in total. The number of carbonyl (C=O) groups excluding carboxylic acids is 1. The van der Waals surface area contributed by atoms with E-state index in [-0.39, 0.29) is 16.8 Å². The van der Waals surface area contributed by atoms with E-state index in [1.165, 1.54) is 12.1 Å². The molecule has 0 unspecified atom stereocenters. The lowest BCUT2D eigenvalue weighted by molar-refractivity contribution is 0.262. The fraction of sp³-hybridized carbons (Fsp3) is 0.0714. The van der Waals surface area contributed by atoms with Crippen molar-refractivity contribution in [1.29, 1.82) is 0 Å². The van der Waals surface area contributed by atoms with Crippen molar-refractivity contribution >= 4 is 29.0 Å². The van der Waals surface area contributed by atoms with E-state index >= 15 is 0 Å². The van der Waals surface area contributed by atoms with Gasteiger partial charge in [-0.05, 0) is 36.8 Å². The maximum absolute atomic E-state index is 11.8. The van der Waals surface area contributed by atoms with Crippen LogP contribution in [0.5, 0.6) is 5.75 Å². The van der Waals surface area contributed by atoms with Gasteiger partial charge >= 0.3 is 6.03 Å². The van der Waals surface area contributed by atoms with E-state index in [0.29, 0.717) is 11.4 Å². The summed E-state index contributed by atoms with van der Waals surface area (Å²) in [7, 11) is 0. The molecule has 98 valence electrons. The van der Waals surface area contributed by atoms with Crippen molar-refractivity contribution in [2.45, 2.75) is 6.92 Å². The molecule has 0 atom stereocenters. The van der Waals surface area contributed by atoms with Gasteiger partial charge in [-0.25, -0.2) is 4.79 Å². The van der Waals surface area contributed by atoms with Crippen LogP contribution in [0, 0.1) is 6.92 Å². The molecule has 2 aromatic rings. The topological polar surface area (TPSA) is 61.4 Å². The third kappa shape index (κ3) is 3.63. The number of urea groups is 1. The molecule has 2 aromatic carbocycles. The van der Waals surface area contributed by atoms with Crippen LogP contribution in [0.1, 0.15) is 5.56 Å². The van der Waals surface area contributed by atoms with Crippen LogP contribution in [-0.4, -0.2) is 11.1 Å².